The van der Waals surface area contributed by atoms with Crippen molar-refractivity contribution < 1.29 is 77.3 Å². The molecular weight excluding hydrogens is 515 g/mol. The zero-order chi connectivity index (χ0) is 11.6. The van der Waals surface area contributed by atoms with Crippen molar-refractivity contribution in [3.63, 3.8) is 0 Å². The fraction of sp³-hybridized carbons (Fsp3) is 0.500. The van der Waals surface area contributed by atoms with E-state index in [2.05, 4.69) is 17.7 Å². The molecule has 90 valence electrons. The molecule has 0 amide bonds. The van der Waals surface area contributed by atoms with Crippen LogP contribution in [-0.4, -0.2) is 17.2 Å². The van der Waals surface area contributed by atoms with Gasteiger partial charge in [0.05, 0.1) is 0 Å². The number of carboxylic acid groups (broad SMARTS) is 1. The van der Waals surface area contributed by atoms with E-state index >= 15 is 0 Å². The SMILES string of the molecule is O=C([O-])C1O[P+](=O)OP(=O)(O[PH](=O)O)O1.[U]. The van der Waals surface area contributed by atoms with E-state index in [1.54, 1.807) is 0 Å². The molecule has 0 aliphatic carbocycles. The van der Waals surface area contributed by atoms with Gasteiger partial charge in [0.2, 0.25) is 0 Å². The molecule has 1 fully saturated rings. The van der Waals surface area contributed by atoms with E-state index in [-0.39, 0.29) is 31.1 Å². The van der Waals surface area contributed by atoms with Crippen LogP contribution in [0.3, 0.4) is 0 Å². The number of aliphatic carboxylic acids is 1. The van der Waals surface area contributed by atoms with E-state index < -0.39 is 36.6 Å². The molecule has 1 heterocycles. The summed E-state index contributed by atoms with van der Waals surface area (Å²) < 4.78 is 47.8. The van der Waals surface area contributed by atoms with Gasteiger partial charge in [-0.25, -0.2) is 13.4 Å². The predicted octanol–water partition coefficient (Wildman–Crippen LogP) is -0.710. The Balaban J connectivity index is 0.00000225. The predicted molar refractivity (Wildman–Crippen MR) is 39.6 cm³/mol. The van der Waals surface area contributed by atoms with Crippen LogP contribution in [0.25, 0.3) is 0 Å². The minimum Gasteiger partial charge on any atom is -0.545 e. The molecule has 0 aromatic heterocycles. The molecule has 1 aliphatic heterocycles. The van der Waals surface area contributed by atoms with Crippen LogP contribution in [0.1, 0.15) is 0 Å². The summed E-state index contributed by atoms with van der Waals surface area (Å²) in [5, 5.41) is 10.2. The van der Waals surface area contributed by atoms with E-state index in [0.29, 0.717) is 0 Å². The van der Waals surface area contributed by atoms with Crippen LogP contribution in [0, 0.1) is 31.1 Å². The monoisotopic (exact) mass is 518 g/mol. The van der Waals surface area contributed by atoms with Crippen molar-refractivity contribution in [1.82, 2.24) is 0 Å². The maximum absolute atomic E-state index is 11.2. The molecule has 0 saturated carbocycles. The van der Waals surface area contributed by atoms with Crippen molar-refractivity contribution in [1.29, 1.82) is 0 Å². The number of carbonyl (C=O) groups is 1. The molecule has 0 spiro atoms. The molecule has 0 aromatic rings. The second-order valence-electron chi connectivity index (χ2n) is 1.97. The molecule has 1 N–H and O–H groups in total. The van der Waals surface area contributed by atoms with E-state index in [0.717, 1.165) is 0 Å². The summed E-state index contributed by atoms with van der Waals surface area (Å²) >= 11 is 0. The largest absolute Gasteiger partial charge is 0.711 e. The Morgan fingerprint density at radius 2 is 2.19 bits per heavy atom. The number of hydrogen-bond donors (Lipinski definition) is 1. The summed E-state index contributed by atoms with van der Waals surface area (Å²) in [7, 11) is -11.5. The van der Waals surface area contributed by atoms with Crippen LogP contribution in [0.15, 0.2) is 0 Å². The van der Waals surface area contributed by atoms with Gasteiger partial charge in [-0.05, 0) is 4.31 Å². The maximum Gasteiger partial charge on any atom is 0.711 e. The Labute approximate surface area is 113 Å². The fourth-order valence-corrected chi connectivity index (χ4v) is 3.60. The smallest absolute Gasteiger partial charge is 0.545 e. The Hall–Kier alpha value is 0.882. The molecule has 0 aromatic carbocycles. The summed E-state index contributed by atoms with van der Waals surface area (Å²) in [5.74, 6) is -1.98. The second-order valence-corrected chi connectivity index (χ2v) is 5.65. The van der Waals surface area contributed by atoms with Crippen LogP contribution < -0.4 is 5.11 Å². The first-order chi connectivity index (χ1) is 6.82. The van der Waals surface area contributed by atoms with Gasteiger partial charge in [-0.15, -0.1) is 0 Å². The Kier molecular flexibility index (Phi) is 7.09. The topological polar surface area (TPSA) is 148 Å². The zero-order valence-electron chi connectivity index (χ0n) is 7.09. The molecule has 1 saturated heterocycles. The normalized spacial score (nSPS) is 33.8. The molecule has 1 rings (SSSR count). The van der Waals surface area contributed by atoms with Gasteiger partial charge in [0.25, 0.3) is 6.29 Å². The first kappa shape index (κ1) is 16.9. The van der Waals surface area contributed by atoms with E-state index in [9.17, 15) is 23.6 Å². The average molecular weight is 518 g/mol. The van der Waals surface area contributed by atoms with Gasteiger partial charge in [-0.3, -0.25) is 4.57 Å². The number of carbonyl (C=O) groups excluding carboxylic acids is 1. The van der Waals surface area contributed by atoms with Crippen molar-refractivity contribution in [2.24, 2.45) is 0 Å². The quantitative estimate of drug-likeness (QED) is 0.476. The molecule has 4 atom stereocenters. The van der Waals surface area contributed by atoms with Crippen molar-refractivity contribution in [3.8, 4) is 0 Å². The van der Waals surface area contributed by atoms with Gasteiger partial charge in [0, 0.05) is 35.7 Å². The summed E-state index contributed by atoms with van der Waals surface area (Å²) in [5.41, 5.74) is 0. The molecular formula is C2H3O10P3U. The average Bonchev–Trinajstić information content (AvgIpc) is 1.98. The third-order valence-electron chi connectivity index (χ3n) is 0.956. The second kappa shape index (κ2) is 6.72. The molecule has 14 heteroatoms. The van der Waals surface area contributed by atoms with Crippen molar-refractivity contribution in [2.45, 2.75) is 6.29 Å². The van der Waals surface area contributed by atoms with Crippen LogP contribution in [0.5, 0.6) is 0 Å². The Morgan fingerprint density at radius 3 is 2.62 bits per heavy atom. The minimum atomic E-state index is -4.68. The molecule has 0 radical (unpaired) electrons. The van der Waals surface area contributed by atoms with Gasteiger partial charge in [0.1, 0.15) is 5.97 Å². The third kappa shape index (κ3) is 5.03. The first-order valence-electron chi connectivity index (χ1n) is 3.08. The minimum absolute atomic E-state index is 0. The van der Waals surface area contributed by atoms with Gasteiger partial charge < -0.3 is 14.8 Å². The van der Waals surface area contributed by atoms with Gasteiger partial charge in [-0.2, -0.15) is 0 Å². The molecule has 4 unspecified atom stereocenters. The number of rotatable bonds is 3. The standard InChI is InChI=1S/C2H3O10P3.U/c3-1(4)2-9-14(7)12-15(8,10-2)11-13(5)6;/h2,13H,(H-,3,4,5,6);. The van der Waals surface area contributed by atoms with Crippen molar-refractivity contribution in [3.05, 3.63) is 0 Å². The van der Waals surface area contributed by atoms with E-state index in [1.165, 1.54) is 0 Å². The molecule has 0 bridgehead atoms. The molecule has 1 aliphatic rings. The fourth-order valence-electron chi connectivity index (χ4n) is 0.555. The third-order valence-corrected chi connectivity index (χ3v) is 4.62. The van der Waals surface area contributed by atoms with Crippen LogP contribution >= 0.6 is 24.3 Å². The van der Waals surface area contributed by atoms with Gasteiger partial charge in [0.15, 0.2) is 0 Å². The van der Waals surface area contributed by atoms with Crippen molar-refractivity contribution in [2.75, 3.05) is 0 Å². The number of phosphoric acid groups is 1. The summed E-state index contributed by atoms with van der Waals surface area (Å²) in [4.78, 5) is 18.5. The van der Waals surface area contributed by atoms with Crippen LogP contribution in [0.2, 0.25) is 0 Å². The Bertz CT molecular complexity index is 359. The molecule has 16 heavy (non-hydrogen) atoms. The van der Waals surface area contributed by atoms with E-state index in [1.807, 2.05) is 0 Å². The number of carboxylic acids is 1. The van der Waals surface area contributed by atoms with E-state index in [4.69, 9.17) is 4.89 Å². The maximum atomic E-state index is 11.2. The van der Waals surface area contributed by atoms with Crippen molar-refractivity contribution >= 4 is 30.3 Å². The van der Waals surface area contributed by atoms with Gasteiger partial charge >= 0.3 is 24.3 Å². The number of hydrogen-bond acceptors (Lipinski definition) is 9. The Morgan fingerprint density at radius 1 is 1.62 bits per heavy atom. The van der Waals surface area contributed by atoms with Gasteiger partial charge in [-0.1, -0.05) is 4.52 Å². The molecule has 10 nitrogen and oxygen atoms in total. The van der Waals surface area contributed by atoms with Crippen LogP contribution in [-0.2, 0) is 36.2 Å². The van der Waals surface area contributed by atoms with Crippen LogP contribution in [0.4, 0.5) is 0 Å². The summed E-state index contributed by atoms with van der Waals surface area (Å²) in [6, 6.07) is 0. The summed E-state index contributed by atoms with van der Waals surface area (Å²) in [6.07, 6.45) is -2.26. The summed E-state index contributed by atoms with van der Waals surface area (Å²) in [6.45, 7) is 0. The zero-order valence-corrected chi connectivity index (χ0v) is 14.0. The first-order valence-corrected chi connectivity index (χ1v) is 6.90.